The van der Waals surface area contributed by atoms with E-state index in [1.165, 1.54) is 0 Å². The zero-order valence-electron chi connectivity index (χ0n) is 13.9. The first-order valence-electron chi connectivity index (χ1n) is 8.03. The lowest BCUT2D eigenvalue weighted by Crippen LogP contribution is -2.21. The van der Waals surface area contributed by atoms with Crippen LogP contribution >= 0.6 is 0 Å². The van der Waals surface area contributed by atoms with Gasteiger partial charge in [0.25, 0.3) is 0 Å². The molecule has 0 saturated carbocycles. The average Bonchev–Trinajstić information content (AvgIpc) is 2.49. The summed E-state index contributed by atoms with van der Waals surface area (Å²) < 4.78 is 0. The van der Waals surface area contributed by atoms with Gasteiger partial charge in [-0.25, -0.2) is 9.97 Å². The van der Waals surface area contributed by atoms with Crippen molar-refractivity contribution in [3.05, 3.63) is 11.9 Å². The maximum absolute atomic E-state index is 8.82. The molecule has 0 aromatic carbocycles. The molecular weight excluding hydrogens is 264 g/mol. The maximum atomic E-state index is 8.82. The van der Waals surface area contributed by atoms with Crippen LogP contribution in [0.15, 0.2) is 6.07 Å². The van der Waals surface area contributed by atoms with Gasteiger partial charge in [-0.1, -0.05) is 20.8 Å². The van der Waals surface area contributed by atoms with Gasteiger partial charge in [-0.3, -0.25) is 0 Å². The van der Waals surface area contributed by atoms with Gasteiger partial charge in [-0.2, -0.15) is 0 Å². The second-order valence-corrected chi connectivity index (χ2v) is 5.76. The van der Waals surface area contributed by atoms with Gasteiger partial charge in [-0.15, -0.1) is 0 Å². The first-order valence-corrected chi connectivity index (χ1v) is 8.03. The fraction of sp³-hybridized carbons (Fsp3) is 0.750. The molecule has 0 atom stereocenters. The van der Waals surface area contributed by atoms with Crippen LogP contribution in [-0.2, 0) is 0 Å². The van der Waals surface area contributed by atoms with Crippen LogP contribution in [0, 0.1) is 0 Å². The molecule has 0 fully saturated rings. The van der Waals surface area contributed by atoms with Crippen molar-refractivity contribution in [1.82, 2.24) is 9.97 Å². The molecule has 0 spiro atoms. The Hall–Kier alpha value is -1.36. The van der Waals surface area contributed by atoms with Gasteiger partial charge in [0.05, 0.1) is 0 Å². The van der Waals surface area contributed by atoms with Gasteiger partial charge in [0, 0.05) is 38.7 Å². The molecule has 0 saturated heterocycles. The quantitative estimate of drug-likeness (QED) is 0.650. The van der Waals surface area contributed by atoms with Gasteiger partial charge in [0.15, 0.2) is 0 Å². The van der Waals surface area contributed by atoms with Gasteiger partial charge in [0.1, 0.15) is 17.5 Å². The molecule has 1 heterocycles. The van der Waals surface area contributed by atoms with Crippen LogP contribution in [0.5, 0.6) is 0 Å². The smallest absolute Gasteiger partial charge is 0.135 e. The number of rotatable bonds is 10. The summed E-state index contributed by atoms with van der Waals surface area (Å²) in [5.41, 5.74) is 0. The number of nitrogens with one attached hydrogen (secondary N) is 1. The summed E-state index contributed by atoms with van der Waals surface area (Å²) >= 11 is 0. The van der Waals surface area contributed by atoms with E-state index in [4.69, 9.17) is 5.11 Å². The van der Waals surface area contributed by atoms with Crippen LogP contribution in [-0.4, -0.2) is 41.8 Å². The number of unbranched alkanes of at least 4 members (excludes halogenated alkanes) is 2. The number of nitrogens with zero attached hydrogens (tertiary/aromatic N) is 3. The lowest BCUT2D eigenvalue weighted by Gasteiger charge is -2.20. The van der Waals surface area contributed by atoms with E-state index in [2.05, 4.69) is 48.0 Å². The Morgan fingerprint density at radius 2 is 2.00 bits per heavy atom. The van der Waals surface area contributed by atoms with Crippen molar-refractivity contribution in [3.8, 4) is 0 Å². The Morgan fingerprint density at radius 1 is 1.24 bits per heavy atom. The van der Waals surface area contributed by atoms with E-state index in [1.54, 1.807) is 0 Å². The SMILES string of the molecule is CCCNc1cc(N(C)CCCCCO)nc(C(C)C)n1. The second kappa shape index (κ2) is 9.55. The molecule has 21 heavy (non-hydrogen) atoms. The van der Waals surface area contributed by atoms with E-state index in [1.807, 2.05) is 6.07 Å². The minimum absolute atomic E-state index is 0.278. The van der Waals surface area contributed by atoms with E-state index in [0.29, 0.717) is 5.92 Å². The van der Waals surface area contributed by atoms with Gasteiger partial charge in [0.2, 0.25) is 0 Å². The number of aliphatic hydroxyl groups is 1. The van der Waals surface area contributed by atoms with E-state index in [-0.39, 0.29) is 6.61 Å². The maximum Gasteiger partial charge on any atom is 0.135 e. The topological polar surface area (TPSA) is 61.3 Å². The van der Waals surface area contributed by atoms with Gasteiger partial charge in [-0.05, 0) is 25.7 Å². The molecule has 1 aromatic heterocycles. The molecule has 0 bridgehead atoms. The largest absolute Gasteiger partial charge is 0.396 e. The first kappa shape index (κ1) is 17.7. The Balaban J connectivity index is 2.76. The number of hydrogen-bond acceptors (Lipinski definition) is 5. The molecule has 0 aliphatic carbocycles. The summed E-state index contributed by atoms with van der Waals surface area (Å²) in [7, 11) is 2.06. The Morgan fingerprint density at radius 3 is 2.62 bits per heavy atom. The molecule has 1 rings (SSSR count). The monoisotopic (exact) mass is 294 g/mol. The van der Waals surface area contributed by atoms with Gasteiger partial charge >= 0.3 is 0 Å². The highest BCUT2D eigenvalue weighted by Crippen LogP contribution is 2.19. The summed E-state index contributed by atoms with van der Waals surface area (Å²) in [5.74, 6) is 3.08. The molecule has 1 aromatic rings. The molecule has 2 N–H and O–H groups in total. The summed E-state index contributed by atoms with van der Waals surface area (Å²) in [6.07, 6.45) is 4.06. The van der Waals surface area contributed by atoms with Crippen molar-refractivity contribution in [2.24, 2.45) is 0 Å². The van der Waals surface area contributed by atoms with Crippen molar-refractivity contribution >= 4 is 11.6 Å². The zero-order valence-corrected chi connectivity index (χ0v) is 13.9. The molecule has 0 radical (unpaired) electrons. The molecular formula is C16H30N4O. The van der Waals surface area contributed by atoms with Crippen LogP contribution in [0.25, 0.3) is 0 Å². The Bertz CT molecular complexity index is 409. The van der Waals surface area contributed by atoms with E-state index < -0.39 is 0 Å². The number of anilines is 2. The molecule has 0 amide bonds. The van der Waals surface area contributed by atoms with E-state index in [0.717, 1.165) is 56.2 Å². The summed E-state index contributed by atoms with van der Waals surface area (Å²) in [6, 6.07) is 2.02. The second-order valence-electron chi connectivity index (χ2n) is 5.76. The number of aliphatic hydroxyl groups excluding tert-OH is 1. The zero-order chi connectivity index (χ0) is 15.7. The van der Waals surface area contributed by atoms with E-state index >= 15 is 0 Å². The highest BCUT2D eigenvalue weighted by Gasteiger charge is 2.10. The van der Waals surface area contributed by atoms with Crippen molar-refractivity contribution in [2.75, 3.05) is 37.0 Å². The minimum atomic E-state index is 0.278. The summed E-state index contributed by atoms with van der Waals surface area (Å²) in [5, 5.41) is 12.2. The standard InChI is InChI=1S/C16H30N4O/c1-5-9-17-14-12-15(19-16(18-14)13(2)3)20(4)10-7-6-8-11-21/h12-13,21H,5-11H2,1-4H3,(H,17,18,19). The molecule has 0 aliphatic heterocycles. The van der Waals surface area contributed by atoms with Crippen LogP contribution in [0.1, 0.15) is 58.2 Å². The average molecular weight is 294 g/mol. The summed E-state index contributed by atoms with van der Waals surface area (Å²) in [4.78, 5) is 11.4. The van der Waals surface area contributed by atoms with Crippen LogP contribution in [0.2, 0.25) is 0 Å². The van der Waals surface area contributed by atoms with Crippen LogP contribution in [0.3, 0.4) is 0 Å². The van der Waals surface area contributed by atoms with Gasteiger partial charge < -0.3 is 15.3 Å². The highest BCUT2D eigenvalue weighted by atomic mass is 16.2. The lowest BCUT2D eigenvalue weighted by atomic mass is 10.2. The Kier molecular flexibility index (Phi) is 8.05. The summed E-state index contributed by atoms with van der Waals surface area (Å²) in [6.45, 7) is 8.52. The van der Waals surface area contributed by atoms with Crippen molar-refractivity contribution in [3.63, 3.8) is 0 Å². The van der Waals surface area contributed by atoms with E-state index in [9.17, 15) is 0 Å². The molecule has 5 heteroatoms. The third-order valence-electron chi connectivity index (χ3n) is 3.35. The molecule has 120 valence electrons. The minimum Gasteiger partial charge on any atom is -0.396 e. The van der Waals surface area contributed by atoms with Crippen LogP contribution < -0.4 is 10.2 Å². The molecule has 5 nitrogen and oxygen atoms in total. The first-order chi connectivity index (χ1) is 10.1. The highest BCUT2D eigenvalue weighted by molar-refractivity contribution is 5.49. The third-order valence-corrected chi connectivity index (χ3v) is 3.35. The molecule has 0 unspecified atom stereocenters. The Labute approximate surface area is 128 Å². The fourth-order valence-corrected chi connectivity index (χ4v) is 2.00. The predicted molar refractivity (Wildman–Crippen MR) is 89.1 cm³/mol. The lowest BCUT2D eigenvalue weighted by molar-refractivity contribution is 0.283. The molecule has 0 aliphatic rings. The number of aromatic nitrogens is 2. The third kappa shape index (κ3) is 6.29. The number of hydrogen-bond donors (Lipinski definition) is 2. The fourth-order valence-electron chi connectivity index (χ4n) is 2.00. The van der Waals surface area contributed by atoms with Crippen molar-refractivity contribution in [1.29, 1.82) is 0 Å². The van der Waals surface area contributed by atoms with Crippen molar-refractivity contribution in [2.45, 2.75) is 52.4 Å². The predicted octanol–water partition coefficient (Wildman–Crippen LogP) is 3.02. The van der Waals surface area contributed by atoms with Crippen LogP contribution in [0.4, 0.5) is 11.6 Å². The van der Waals surface area contributed by atoms with Crippen molar-refractivity contribution < 1.29 is 5.11 Å². The normalized spacial score (nSPS) is 11.0.